The lowest BCUT2D eigenvalue weighted by atomic mass is 9.75. The molecule has 0 aromatic carbocycles. The van der Waals surface area contributed by atoms with Crippen molar-refractivity contribution in [3.63, 3.8) is 0 Å². The molecule has 5 N–H and O–H groups in total. The highest BCUT2D eigenvalue weighted by molar-refractivity contribution is 5.85. The van der Waals surface area contributed by atoms with Crippen LogP contribution >= 0.6 is 0 Å². The van der Waals surface area contributed by atoms with Gasteiger partial charge in [-0.2, -0.15) is 0 Å². The van der Waals surface area contributed by atoms with E-state index in [0.717, 1.165) is 42.9 Å². The summed E-state index contributed by atoms with van der Waals surface area (Å²) in [5, 5.41) is 35.5. The molecule has 13 heteroatoms. The predicted molar refractivity (Wildman–Crippen MR) is 166 cm³/mol. The van der Waals surface area contributed by atoms with Crippen LogP contribution in [-0.4, -0.2) is 89.1 Å². The van der Waals surface area contributed by atoms with E-state index >= 15 is 0 Å². The Hall–Kier alpha value is -4.10. The molecule has 0 spiro atoms. The largest absolute Gasteiger partial charge is 0.481 e. The molecule has 2 aromatic rings. The van der Waals surface area contributed by atoms with Crippen molar-refractivity contribution in [2.24, 2.45) is 29.6 Å². The summed E-state index contributed by atoms with van der Waals surface area (Å²) >= 11 is 0. The lowest BCUT2D eigenvalue weighted by molar-refractivity contribution is -0.162. The van der Waals surface area contributed by atoms with Crippen molar-refractivity contribution in [1.29, 1.82) is 0 Å². The van der Waals surface area contributed by atoms with Gasteiger partial charge in [0, 0.05) is 52.0 Å². The highest BCUT2D eigenvalue weighted by Gasteiger charge is 2.44. The van der Waals surface area contributed by atoms with E-state index < -0.39 is 59.5 Å². The Bertz CT molecular complexity index is 1230. The molecule has 0 aliphatic carbocycles. The number of unbranched alkanes of at least 4 members (excludes halogenated alkanes) is 3. The second-order valence-electron chi connectivity index (χ2n) is 11.2. The zero-order valence-corrected chi connectivity index (χ0v) is 26.3. The number of hydrogen-bond donors (Lipinski definition) is 5. The number of nitrogens with one attached hydrogen (secondary N) is 2. The van der Waals surface area contributed by atoms with E-state index in [9.17, 15) is 34.5 Å². The number of amides is 1. The number of carbonyl (C=O) groups is 4. The second-order valence-corrected chi connectivity index (χ2v) is 11.2. The molecule has 0 bridgehead atoms. The molecule has 0 aliphatic heterocycles. The summed E-state index contributed by atoms with van der Waals surface area (Å²) in [5.74, 6) is -10.3. The lowest BCUT2D eigenvalue weighted by Crippen LogP contribution is -2.46. The van der Waals surface area contributed by atoms with Crippen LogP contribution in [0, 0.1) is 29.6 Å². The van der Waals surface area contributed by atoms with E-state index in [-0.39, 0.29) is 13.0 Å². The standard InChI is InChI=1S/C32H46N4O9/c1-20(19-44-3)27(23(31(40)41)18-26(45-4)28(32(42)43)21(2)30(38)39)29(37)36-15-9-6-5-8-13-33-22-12-16-35-25(17-22)24-11-7-10-14-34-24/h7,10-12,14,16-17,20-21,23,26-28H,5-6,8-9,13,15,18-19H2,1-4H3,(H,33,35)(H,36,37)(H,38,39)(H,40,41)(H,42,43). The van der Waals surface area contributed by atoms with Crippen molar-refractivity contribution in [1.82, 2.24) is 15.3 Å². The molecule has 2 rings (SSSR count). The number of nitrogens with zero attached hydrogens (tertiary/aromatic N) is 2. The Kier molecular flexibility index (Phi) is 15.9. The lowest BCUT2D eigenvalue weighted by Gasteiger charge is -2.32. The third-order valence-corrected chi connectivity index (χ3v) is 7.92. The van der Waals surface area contributed by atoms with E-state index in [1.54, 1.807) is 19.3 Å². The number of rotatable bonds is 22. The highest BCUT2D eigenvalue weighted by atomic mass is 16.5. The van der Waals surface area contributed by atoms with Crippen molar-refractivity contribution < 1.29 is 44.0 Å². The zero-order chi connectivity index (χ0) is 33.4. The van der Waals surface area contributed by atoms with Crippen LogP contribution in [0.5, 0.6) is 0 Å². The number of hydrogen-bond acceptors (Lipinski definition) is 9. The molecular weight excluding hydrogens is 584 g/mol. The average Bonchev–Trinajstić information content (AvgIpc) is 3.01. The first-order valence-corrected chi connectivity index (χ1v) is 15.1. The third-order valence-electron chi connectivity index (χ3n) is 7.92. The number of aliphatic carboxylic acids is 3. The summed E-state index contributed by atoms with van der Waals surface area (Å²) in [4.78, 5) is 58.0. The maximum Gasteiger partial charge on any atom is 0.310 e. The van der Waals surface area contributed by atoms with Gasteiger partial charge in [0.1, 0.15) is 0 Å². The van der Waals surface area contributed by atoms with Gasteiger partial charge < -0.3 is 35.4 Å². The van der Waals surface area contributed by atoms with Crippen molar-refractivity contribution in [3.05, 3.63) is 42.7 Å². The molecule has 0 saturated carbocycles. The summed E-state index contributed by atoms with van der Waals surface area (Å²) in [6.07, 6.45) is 5.20. The van der Waals surface area contributed by atoms with Crippen molar-refractivity contribution in [3.8, 4) is 11.4 Å². The minimum Gasteiger partial charge on any atom is -0.481 e. The van der Waals surface area contributed by atoms with E-state index in [0.29, 0.717) is 13.0 Å². The van der Waals surface area contributed by atoms with Crippen molar-refractivity contribution in [2.75, 3.05) is 39.2 Å². The minimum absolute atomic E-state index is 0.0984. The second kappa shape index (κ2) is 19.3. The average molecular weight is 631 g/mol. The van der Waals surface area contributed by atoms with Crippen molar-refractivity contribution >= 4 is 29.5 Å². The molecule has 0 aliphatic rings. The summed E-state index contributed by atoms with van der Waals surface area (Å²) in [6.45, 7) is 4.12. The van der Waals surface area contributed by atoms with Crippen LogP contribution < -0.4 is 10.6 Å². The van der Waals surface area contributed by atoms with Gasteiger partial charge in [0.15, 0.2) is 0 Å². The fourth-order valence-electron chi connectivity index (χ4n) is 5.45. The molecule has 0 radical (unpaired) electrons. The van der Waals surface area contributed by atoms with Crippen LogP contribution in [0.25, 0.3) is 11.4 Å². The SMILES string of the molecule is COCC(C)C(C(=O)NCCCCCCNc1ccnc(-c2ccccn2)c1)C(CC(OC)C(C(=O)O)C(C)C(=O)O)C(=O)O. The molecule has 2 heterocycles. The molecule has 0 fully saturated rings. The van der Waals surface area contributed by atoms with E-state index in [4.69, 9.17) is 9.47 Å². The fraction of sp³-hybridized carbons (Fsp3) is 0.562. The number of methoxy groups -OCH3 is 2. The molecule has 2 aromatic heterocycles. The number of carboxylic acids is 3. The van der Waals surface area contributed by atoms with Crippen LogP contribution in [0.1, 0.15) is 46.0 Å². The number of aromatic nitrogens is 2. The van der Waals surface area contributed by atoms with E-state index in [1.165, 1.54) is 21.1 Å². The number of ether oxygens (including phenoxy) is 2. The van der Waals surface area contributed by atoms with E-state index in [2.05, 4.69) is 20.6 Å². The topological polar surface area (TPSA) is 197 Å². The minimum atomic E-state index is -1.51. The van der Waals surface area contributed by atoms with Crippen LogP contribution in [0.2, 0.25) is 0 Å². The smallest absolute Gasteiger partial charge is 0.310 e. The molecular formula is C32H46N4O9. The van der Waals surface area contributed by atoms with Gasteiger partial charge in [-0.25, -0.2) is 0 Å². The normalized spacial score (nSPS) is 15.2. The summed E-state index contributed by atoms with van der Waals surface area (Å²) in [7, 11) is 2.64. The molecule has 6 atom stereocenters. The number of anilines is 1. The van der Waals surface area contributed by atoms with Crippen LogP contribution in [0.3, 0.4) is 0 Å². The molecule has 248 valence electrons. The first-order chi connectivity index (χ1) is 21.5. The molecule has 45 heavy (non-hydrogen) atoms. The molecule has 13 nitrogen and oxygen atoms in total. The van der Waals surface area contributed by atoms with Gasteiger partial charge in [0.05, 0.1) is 41.2 Å². The monoisotopic (exact) mass is 630 g/mol. The quantitative estimate of drug-likeness (QED) is 0.119. The number of pyridine rings is 2. The van der Waals surface area contributed by atoms with Gasteiger partial charge in [0.2, 0.25) is 5.91 Å². The molecule has 1 amide bonds. The number of carbonyl (C=O) groups excluding carboxylic acids is 1. The maximum absolute atomic E-state index is 13.3. The van der Waals surface area contributed by atoms with Gasteiger partial charge in [-0.15, -0.1) is 0 Å². The fourth-order valence-corrected chi connectivity index (χ4v) is 5.45. The Morgan fingerprint density at radius 1 is 0.822 bits per heavy atom. The third kappa shape index (κ3) is 11.7. The van der Waals surface area contributed by atoms with Gasteiger partial charge in [-0.1, -0.05) is 32.8 Å². The molecule has 6 unspecified atom stereocenters. The van der Waals surface area contributed by atoms with Crippen LogP contribution in [-0.2, 0) is 28.7 Å². The van der Waals surface area contributed by atoms with E-state index in [1.807, 2.05) is 30.3 Å². The zero-order valence-electron chi connectivity index (χ0n) is 26.3. The van der Waals surface area contributed by atoms with Gasteiger partial charge in [-0.3, -0.25) is 29.1 Å². The predicted octanol–water partition coefficient (Wildman–Crippen LogP) is 3.66. The summed E-state index contributed by atoms with van der Waals surface area (Å²) in [5.41, 5.74) is 2.53. The van der Waals surface area contributed by atoms with Crippen molar-refractivity contribution in [2.45, 2.75) is 52.1 Å². The highest BCUT2D eigenvalue weighted by Crippen LogP contribution is 2.32. The Morgan fingerprint density at radius 2 is 1.51 bits per heavy atom. The molecule has 0 saturated heterocycles. The van der Waals surface area contributed by atoms with Crippen LogP contribution in [0.4, 0.5) is 5.69 Å². The maximum atomic E-state index is 13.3. The van der Waals surface area contributed by atoms with Gasteiger partial charge in [-0.05, 0) is 49.4 Å². The summed E-state index contributed by atoms with van der Waals surface area (Å²) in [6, 6.07) is 9.52. The Balaban J connectivity index is 1.91. The first-order valence-electron chi connectivity index (χ1n) is 15.1. The summed E-state index contributed by atoms with van der Waals surface area (Å²) < 4.78 is 10.5. The van der Waals surface area contributed by atoms with Gasteiger partial charge >= 0.3 is 17.9 Å². The van der Waals surface area contributed by atoms with Gasteiger partial charge in [0.25, 0.3) is 0 Å². The first kappa shape index (κ1) is 37.1. The number of carboxylic acid groups (broad SMARTS) is 3. The Labute approximate surface area is 263 Å². The Morgan fingerprint density at radius 3 is 2.09 bits per heavy atom. The van der Waals surface area contributed by atoms with Crippen LogP contribution in [0.15, 0.2) is 42.7 Å².